The van der Waals surface area contributed by atoms with E-state index in [0.29, 0.717) is 12.0 Å². The molecule has 0 unspecified atom stereocenters. The van der Waals surface area contributed by atoms with E-state index in [2.05, 4.69) is 40.7 Å². The van der Waals surface area contributed by atoms with Crippen molar-refractivity contribution in [2.24, 2.45) is 5.92 Å². The quantitative estimate of drug-likeness (QED) is 0.773. The van der Waals surface area contributed by atoms with Gasteiger partial charge in [0.2, 0.25) is 0 Å². The average Bonchev–Trinajstić information content (AvgIpc) is 2.13. The van der Waals surface area contributed by atoms with Crippen molar-refractivity contribution in [1.29, 1.82) is 0 Å². The second-order valence-corrected chi connectivity index (χ2v) is 4.51. The molecule has 2 heterocycles. The third kappa shape index (κ3) is 2.89. The van der Waals surface area contributed by atoms with Gasteiger partial charge in [-0.15, -0.1) is 5.10 Å². The molecule has 82 valence electrons. The highest BCUT2D eigenvalue weighted by Gasteiger charge is 2.16. The third-order valence-corrected chi connectivity index (χ3v) is 2.47. The zero-order chi connectivity index (χ0) is 10.7. The normalized spacial score (nSPS) is 16.5. The first-order valence-corrected chi connectivity index (χ1v) is 5.54. The van der Waals surface area contributed by atoms with E-state index in [4.69, 9.17) is 0 Å². The van der Waals surface area contributed by atoms with Crippen molar-refractivity contribution in [1.82, 2.24) is 15.5 Å². The Labute approximate surface area is 90.5 Å². The first kappa shape index (κ1) is 10.4. The number of hydrogen-bond acceptors (Lipinski definition) is 4. The lowest BCUT2D eigenvalue weighted by atomic mass is 10.1. The van der Waals surface area contributed by atoms with Crippen LogP contribution < -0.4 is 10.6 Å². The highest BCUT2D eigenvalue weighted by molar-refractivity contribution is 5.35. The van der Waals surface area contributed by atoms with Gasteiger partial charge in [0, 0.05) is 13.1 Å². The number of nitrogens with zero attached hydrogens (tertiary/aromatic N) is 2. The van der Waals surface area contributed by atoms with E-state index >= 15 is 0 Å². The van der Waals surface area contributed by atoms with Crippen molar-refractivity contribution in [3.05, 3.63) is 17.8 Å². The molecule has 1 aromatic rings. The van der Waals surface area contributed by atoms with Crippen LogP contribution in [0, 0.1) is 5.92 Å². The van der Waals surface area contributed by atoms with Crippen molar-refractivity contribution < 1.29 is 0 Å². The molecule has 0 amide bonds. The fourth-order valence-electron chi connectivity index (χ4n) is 1.56. The van der Waals surface area contributed by atoms with Crippen LogP contribution in [-0.2, 0) is 6.42 Å². The van der Waals surface area contributed by atoms with E-state index in [1.54, 1.807) is 0 Å². The van der Waals surface area contributed by atoms with E-state index in [1.807, 2.05) is 6.07 Å². The minimum absolute atomic E-state index is 0.523. The molecule has 1 aliphatic rings. The molecule has 15 heavy (non-hydrogen) atoms. The maximum absolute atomic E-state index is 4.20. The van der Waals surface area contributed by atoms with Gasteiger partial charge in [0.25, 0.3) is 0 Å². The lowest BCUT2D eigenvalue weighted by molar-refractivity contribution is 0.470. The number of anilines is 1. The molecule has 4 heteroatoms. The molecule has 0 aliphatic carbocycles. The second kappa shape index (κ2) is 4.57. The minimum atomic E-state index is 0.523. The molecule has 1 saturated heterocycles. The van der Waals surface area contributed by atoms with Gasteiger partial charge in [-0.2, -0.15) is 5.10 Å². The van der Waals surface area contributed by atoms with Gasteiger partial charge in [-0.05, 0) is 24.5 Å². The van der Waals surface area contributed by atoms with Gasteiger partial charge in [0.15, 0.2) is 0 Å². The number of hydrogen-bond donors (Lipinski definition) is 2. The van der Waals surface area contributed by atoms with Crippen LogP contribution >= 0.6 is 0 Å². The number of rotatable bonds is 4. The van der Waals surface area contributed by atoms with E-state index < -0.39 is 0 Å². The van der Waals surface area contributed by atoms with E-state index in [0.717, 1.165) is 31.0 Å². The van der Waals surface area contributed by atoms with Crippen LogP contribution in [0.15, 0.2) is 12.1 Å². The molecule has 0 radical (unpaired) electrons. The van der Waals surface area contributed by atoms with Crippen LogP contribution in [0.5, 0.6) is 0 Å². The summed E-state index contributed by atoms with van der Waals surface area (Å²) in [5, 5.41) is 14.9. The van der Waals surface area contributed by atoms with Crippen LogP contribution in [-0.4, -0.2) is 29.3 Å². The summed E-state index contributed by atoms with van der Waals surface area (Å²) < 4.78 is 0. The van der Waals surface area contributed by atoms with Crippen LogP contribution in [0.4, 0.5) is 5.82 Å². The summed E-state index contributed by atoms with van der Waals surface area (Å²) in [7, 11) is 0. The fourth-order valence-corrected chi connectivity index (χ4v) is 1.56. The van der Waals surface area contributed by atoms with Crippen molar-refractivity contribution in [3.8, 4) is 0 Å². The maximum atomic E-state index is 4.20. The summed E-state index contributed by atoms with van der Waals surface area (Å²) in [6, 6.07) is 4.60. The molecule has 1 aromatic heterocycles. The first-order valence-electron chi connectivity index (χ1n) is 5.54. The van der Waals surface area contributed by atoms with Crippen LogP contribution in [0.25, 0.3) is 0 Å². The van der Waals surface area contributed by atoms with Gasteiger partial charge in [-0.25, -0.2) is 0 Å². The molecule has 0 bridgehead atoms. The molecule has 2 rings (SSSR count). The molecule has 0 aromatic carbocycles. The average molecular weight is 206 g/mol. The van der Waals surface area contributed by atoms with Crippen molar-refractivity contribution in [2.75, 3.05) is 18.4 Å². The summed E-state index contributed by atoms with van der Waals surface area (Å²) in [6.07, 6.45) is 0.998. The largest absolute Gasteiger partial charge is 0.363 e. The Morgan fingerprint density at radius 2 is 2.20 bits per heavy atom. The predicted octanol–water partition coefficient (Wildman–Crippen LogP) is 1.06. The first-order chi connectivity index (χ1) is 7.24. The van der Waals surface area contributed by atoms with Crippen LogP contribution in [0.1, 0.15) is 19.5 Å². The number of aromatic nitrogens is 2. The molecular formula is C11H18N4. The topological polar surface area (TPSA) is 49.8 Å². The highest BCUT2D eigenvalue weighted by atomic mass is 15.2. The Morgan fingerprint density at radius 3 is 2.67 bits per heavy atom. The van der Waals surface area contributed by atoms with Crippen molar-refractivity contribution >= 4 is 5.82 Å². The van der Waals surface area contributed by atoms with Gasteiger partial charge < -0.3 is 10.6 Å². The zero-order valence-electron chi connectivity index (χ0n) is 9.33. The summed E-state index contributed by atoms with van der Waals surface area (Å²) >= 11 is 0. The second-order valence-electron chi connectivity index (χ2n) is 4.51. The fraction of sp³-hybridized carbons (Fsp3) is 0.636. The SMILES string of the molecule is CC(C)Cc1ccc(NC2CNC2)nn1. The zero-order valence-corrected chi connectivity index (χ0v) is 9.33. The Morgan fingerprint density at radius 1 is 1.40 bits per heavy atom. The molecule has 4 nitrogen and oxygen atoms in total. The maximum Gasteiger partial charge on any atom is 0.148 e. The Bertz CT molecular complexity index is 303. The lowest BCUT2D eigenvalue weighted by Gasteiger charge is -2.28. The van der Waals surface area contributed by atoms with E-state index in [1.165, 1.54) is 0 Å². The van der Waals surface area contributed by atoms with Crippen LogP contribution in [0.2, 0.25) is 0 Å². The Kier molecular flexibility index (Phi) is 3.16. The van der Waals surface area contributed by atoms with E-state index in [9.17, 15) is 0 Å². The van der Waals surface area contributed by atoms with Crippen molar-refractivity contribution in [3.63, 3.8) is 0 Å². The molecule has 1 aliphatic heterocycles. The molecule has 2 N–H and O–H groups in total. The summed E-state index contributed by atoms with van der Waals surface area (Å²) in [6.45, 7) is 6.42. The molecular weight excluding hydrogens is 188 g/mol. The summed E-state index contributed by atoms with van der Waals surface area (Å²) in [4.78, 5) is 0. The number of nitrogens with one attached hydrogen (secondary N) is 2. The third-order valence-electron chi connectivity index (χ3n) is 2.47. The molecule has 1 fully saturated rings. The van der Waals surface area contributed by atoms with Crippen molar-refractivity contribution in [2.45, 2.75) is 26.3 Å². The summed E-state index contributed by atoms with van der Waals surface area (Å²) in [5.41, 5.74) is 1.07. The standard InChI is InChI=1S/C11H18N4/c1-8(2)5-9-3-4-11(15-14-9)13-10-6-12-7-10/h3-4,8,10,12H,5-7H2,1-2H3,(H,13,15). The van der Waals surface area contributed by atoms with Gasteiger partial charge in [-0.1, -0.05) is 13.8 Å². The Hall–Kier alpha value is -1.16. The van der Waals surface area contributed by atoms with Crippen LogP contribution in [0.3, 0.4) is 0 Å². The van der Waals surface area contributed by atoms with Gasteiger partial charge in [-0.3, -0.25) is 0 Å². The van der Waals surface area contributed by atoms with Gasteiger partial charge >= 0.3 is 0 Å². The molecule has 0 atom stereocenters. The van der Waals surface area contributed by atoms with E-state index in [-0.39, 0.29) is 0 Å². The Balaban J connectivity index is 1.91. The predicted molar refractivity (Wildman–Crippen MR) is 60.9 cm³/mol. The van der Waals surface area contributed by atoms with Gasteiger partial charge in [0.05, 0.1) is 11.7 Å². The smallest absolute Gasteiger partial charge is 0.148 e. The lowest BCUT2D eigenvalue weighted by Crippen LogP contribution is -2.51. The minimum Gasteiger partial charge on any atom is -0.363 e. The van der Waals surface area contributed by atoms with Gasteiger partial charge in [0.1, 0.15) is 5.82 Å². The molecule has 0 spiro atoms. The summed E-state index contributed by atoms with van der Waals surface area (Å²) in [5.74, 6) is 1.52. The highest BCUT2D eigenvalue weighted by Crippen LogP contribution is 2.08. The molecule has 0 saturated carbocycles. The monoisotopic (exact) mass is 206 g/mol.